The number of rotatable bonds is 1. The summed E-state index contributed by atoms with van der Waals surface area (Å²) in [5.41, 5.74) is 4.29. The molecule has 0 aliphatic heterocycles. The smallest absolute Gasteiger partial charge is 0.0788 e. The van der Waals surface area contributed by atoms with Gasteiger partial charge in [0.2, 0.25) is 0 Å². The highest BCUT2D eigenvalue weighted by atomic mass is 35.5. The number of pyridine rings is 1. The number of aryl methyl sites for hydroxylation is 1. The van der Waals surface area contributed by atoms with E-state index < -0.39 is 0 Å². The van der Waals surface area contributed by atoms with Crippen molar-refractivity contribution in [1.82, 2.24) is 4.98 Å². The highest BCUT2D eigenvalue weighted by molar-refractivity contribution is 6.31. The lowest BCUT2D eigenvalue weighted by Crippen LogP contribution is -1.90. The van der Waals surface area contributed by atoms with Crippen molar-refractivity contribution in [2.24, 2.45) is 0 Å². The van der Waals surface area contributed by atoms with Gasteiger partial charge in [-0.25, -0.2) is 4.98 Å². The number of hydrogen-bond donors (Lipinski definition) is 0. The summed E-state index contributed by atoms with van der Waals surface area (Å²) in [6, 6.07) is 22.7. The van der Waals surface area contributed by atoms with Crippen LogP contribution in [0.15, 0.2) is 66.7 Å². The second-order valence-electron chi connectivity index (χ2n) is 5.54. The van der Waals surface area contributed by atoms with Crippen molar-refractivity contribution in [3.8, 4) is 11.3 Å². The quantitative estimate of drug-likeness (QED) is 0.392. The standard InChI is InChI=1S/C20H14ClN/c1-13-9-10-19-18(11-13)16-7-2-3-8-17(16)20(22-19)14-5-4-6-15(21)12-14/h2-12H,1H3. The lowest BCUT2D eigenvalue weighted by Gasteiger charge is -2.10. The average molecular weight is 304 g/mol. The van der Waals surface area contributed by atoms with Gasteiger partial charge in [0, 0.05) is 21.4 Å². The van der Waals surface area contributed by atoms with E-state index >= 15 is 0 Å². The summed E-state index contributed by atoms with van der Waals surface area (Å²) in [6.45, 7) is 2.11. The van der Waals surface area contributed by atoms with E-state index in [1.54, 1.807) is 0 Å². The van der Waals surface area contributed by atoms with Crippen LogP contribution in [0.5, 0.6) is 0 Å². The van der Waals surface area contributed by atoms with Gasteiger partial charge in [0.05, 0.1) is 11.2 Å². The molecule has 2 heteroatoms. The summed E-state index contributed by atoms with van der Waals surface area (Å²) < 4.78 is 0. The maximum absolute atomic E-state index is 6.16. The van der Waals surface area contributed by atoms with E-state index in [-0.39, 0.29) is 0 Å². The van der Waals surface area contributed by atoms with E-state index in [0.29, 0.717) is 0 Å². The molecular weight excluding hydrogens is 290 g/mol. The fraction of sp³-hybridized carbons (Fsp3) is 0.0500. The lowest BCUT2D eigenvalue weighted by atomic mass is 9.99. The molecule has 0 amide bonds. The topological polar surface area (TPSA) is 12.9 Å². The molecule has 0 aliphatic rings. The van der Waals surface area contributed by atoms with E-state index in [1.165, 1.54) is 16.3 Å². The van der Waals surface area contributed by atoms with Gasteiger partial charge in [-0.1, -0.05) is 59.6 Å². The first-order valence-corrected chi connectivity index (χ1v) is 7.65. The molecule has 0 saturated heterocycles. The number of fused-ring (bicyclic) bond motifs is 3. The molecule has 0 fully saturated rings. The third-order valence-electron chi connectivity index (χ3n) is 3.95. The fourth-order valence-electron chi connectivity index (χ4n) is 2.92. The van der Waals surface area contributed by atoms with Gasteiger partial charge in [0.15, 0.2) is 0 Å². The molecule has 4 aromatic rings. The van der Waals surface area contributed by atoms with Crippen LogP contribution >= 0.6 is 11.6 Å². The SMILES string of the molecule is Cc1ccc2nc(-c3cccc(Cl)c3)c3ccccc3c2c1. The molecule has 3 aromatic carbocycles. The molecule has 0 spiro atoms. The van der Waals surface area contributed by atoms with Gasteiger partial charge in [-0.3, -0.25) is 0 Å². The number of hydrogen-bond acceptors (Lipinski definition) is 1. The first-order chi connectivity index (χ1) is 10.7. The van der Waals surface area contributed by atoms with Crippen molar-refractivity contribution < 1.29 is 0 Å². The summed E-state index contributed by atoms with van der Waals surface area (Å²) in [4.78, 5) is 4.90. The molecule has 4 rings (SSSR count). The summed E-state index contributed by atoms with van der Waals surface area (Å²) in [6.07, 6.45) is 0. The number of halogens is 1. The first-order valence-electron chi connectivity index (χ1n) is 7.27. The minimum Gasteiger partial charge on any atom is -0.247 e. The van der Waals surface area contributed by atoms with Crippen LogP contribution < -0.4 is 0 Å². The molecular formula is C20H14ClN. The van der Waals surface area contributed by atoms with Gasteiger partial charge in [-0.2, -0.15) is 0 Å². The largest absolute Gasteiger partial charge is 0.247 e. The zero-order chi connectivity index (χ0) is 15.1. The molecule has 1 heterocycles. The second kappa shape index (κ2) is 5.11. The third kappa shape index (κ3) is 2.15. The molecule has 106 valence electrons. The summed E-state index contributed by atoms with van der Waals surface area (Å²) >= 11 is 6.16. The Labute approximate surface area is 134 Å². The Morgan fingerprint density at radius 2 is 1.59 bits per heavy atom. The lowest BCUT2D eigenvalue weighted by molar-refractivity contribution is 1.41. The number of aromatic nitrogens is 1. The Morgan fingerprint density at radius 3 is 2.41 bits per heavy atom. The molecule has 0 saturated carbocycles. The van der Waals surface area contributed by atoms with Crippen LogP contribution in [0.2, 0.25) is 5.02 Å². The van der Waals surface area contributed by atoms with Crippen LogP contribution in [-0.4, -0.2) is 4.98 Å². The van der Waals surface area contributed by atoms with Crippen LogP contribution in [0, 0.1) is 6.92 Å². The van der Waals surface area contributed by atoms with E-state index in [0.717, 1.165) is 27.2 Å². The molecule has 1 aromatic heterocycles. The molecule has 0 atom stereocenters. The van der Waals surface area contributed by atoms with Gasteiger partial charge in [-0.15, -0.1) is 0 Å². The van der Waals surface area contributed by atoms with Gasteiger partial charge in [0.25, 0.3) is 0 Å². The zero-order valence-electron chi connectivity index (χ0n) is 12.2. The molecule has 0 bridgehead atoms. The molecule has 22 heavy (non-hydrogen) atoms. The molecule has 0 radical (unpaired) electrons. The zero-order valence-corrected chi connectivity index (χ0v) is 12.9. The van der Waals surface area contributed by atoms with Crippen molar-refractivity contribution in [2.45, 2.75) is 6.92 Å². The Balaban J connectivity index is 2.16. The van der Waals surface area contributed by atoms with Crippen molar-refractivity contribution in [3.63, 3.8) is 0 Å². The monoisotopic (exact) mass is 303 g/mol. The average Bonchev–Trinajstić information content (AvgIpc) is 2.54. The van der Waals surface area contributed by atoms with Gasteiger partial charge in [-0.05, 0) is 36.6 Å². The maximum Gasteiger partial charge on any atom is 0.0788 e. The van der Waals surface area contributed by atoms with E-state index in [4.69, 9.17) is 16.6 Å². The number of nitrogens with zero attached hydrogens (tertiary/aromatic N) is 1. The van der Waals surface area contributed by atoms with Crippen LogP contribution in [0.3, 0.4) is 0 Å². The molecule has 0 N–H and O–H groups in total. The van der Waals surface area contributed by atoms with Crippen LogP contribution in [-0.2, 0) is 0 Å². The predicted octanol–water partition coefficient (Wildman–Crippen LogP) is 6.02. The van der Waals surface area contributed by atoms with E-state index in [2.05, 4.69) is 55.5 Å². The minimum atomic E-state index is 0.729. The first kappa shape index (κ1) is 13.3. The van der Waals surface area contributed by atoms with E-state index in [1.807, 2.05) is 18.2 Å². The predicted molar refractivity (Wildman–Crippen MR) is 94.4 cm³/mol. The van der Waals surface area contributed by atoms with Crippen LogP contribution in [0.4, 0.5) is 0 Å². The van der Waals surface area contributed by atoms with E-state index in [9.17, 15) is 0 Å². The Kier molecular flexibility index (Phi) is 3.09. The summed E-state index contributed by atoms with van der Waals surface area (Å²) in [5, 5.41) is 4.31. The van der Waals surface area contributed by atoms with Crippen molar-refractivity contribution in [2.75, 3.05) is 0 Å². The Hall–Kier alpha value is -2.38. The van der Waals surface area contributed by atoms with Crippen molar-refractivity contribution in [1.29, 1.82) is 0 Å². The van der Waals surface area contributed by atoms with Gasteiger partial charge < -0.3 is 0 Å². The third-order valence-corrected chi connectivity index (χ3v) is 4.19. The van der Waals surface area contributed by atoms with Crippen LogP contribution in [0.1, 0.15) is 5.56 Å². The number of benzene rings is 3. The van der Waals surface area contributed by atoms with Crippen LogP contribution in [0.25, 0.3) is 32.9 Å². The highest BCUT2D eigenvalue weighted by Crippen LogP contribution is 2.33. The molecule has 1 nitrogen and oxygen atoms in total. The Bertz CT molecular complexity index is 1000. The minimum absolute atomic E-state index is 0.729. The van der Waals surface area contributed by atoms with Crippen molar-refractivity contribution >= 4 is 33.3 Å². The highest BCUT2D eigenvalue weighted by Gasteiger charge is 2.10. The fourth-order valence-corrected chi connectivity index (χ4v) is 3.11. The Morgan fingerprint density at radius 1 is 0.773 bits per heavy atom. The normalized spacial score (nSPS) is 11.2. The van der Waals surface area contributed by atoms with Gasteiger partial charge >= 0.3 is 0 Å². The molecule has 0 aliphatic carbocycles. The summed E-state index contributed by atoms with van der Waals surface area (Å²) in [5.74, 6) is 0. The molecule has 0 unspecified atom stereocenters. The summed E-state index contributed by atoms with van der Waals surface area (Å²) in [7, 11) is 0. The maximum atomic E-state index is 6.16. The van der Waals surface area contributed by atoms with Gasteiger partial charge in [0.1, 0.15) is 0 Å². The second-order valence-corrected chi connectivity index (χ2v) is 5.97. The van der Waals surface area contributed by atoms with Crippen molar-refractivity contribution in [3.05, 3.63) is 77.3 Å².